The molecule has 0 spiro atoms. The summed E-state index contributed by atoms with van der Waals surface area (Å²) in [4.78, 5) is 25.5. The van der Waals surface area contributed by atoms with Gasteiger partial charge in [-0.15, -0.1) is 0 Å². The summed E-state index contributed by atoms with van der Waals surface area (Å²) in [5.74, 6) is -0.552. The van der Waals surface area contributed by atoms with Crippen LogP contribution in [0.25, 0.3) is 0 Å². The fourth-order valence-corrected chi connectivity index (χ4v) is 6.42. The Labute approximate surface area is 195 Å². The smallest absolute Gasteiger partial charge is 0.251 e. The van der Waals surface area contributed by atoms with Crippen LogP contribution in [0.15, 0.2) is 41.3 Å². The van der Waals surface area contributed by atoms with Gasteiger partial charge >= 0.3 is 0 Å². The second-order valence-electron chi connectivity index (χ2n) is 9.22. The van der Waals surface area contributed by atoms with Crippen molar-refractivity contribution in [3.8, 4) is 0 Å². The van der Waals surface area contributed by atoms with E-state index in [1.807, 2.05) is 32.9 Å². The van der Waals surface area contributed by atoms with Crippen molar-refractivity contribution in [2.45, 2.75) is 57.4 Å². The number of carbonyl (C=O) groups is 2. The van der Waals surface area contributed by atoms with Gasteiger partial charge in [-0.1, -0.05) is 23.8 Å². The van der Waals surface area contributed by atoms with Gasteiger partial charge in [-0.25, -0.2) is 8.42 Å². The molecule has 2 fully saturated rings. The lowest BCUT2D eigenvalue weighted by molar-refractivity contribution is -0.120. The van der Waals surface area contributed by atoms with Crippen LogP contribution in [0.1, 0.15) is 52.7 Å². The van der Waals surface area contributed by atoms with E-state index in [1.165, 1.54) is 4.31 Å². The second kappa shape index (κ2) is 9.27. The normalized spacial score (nSPS) is 17.5. The summed E-state index contributed by atoms with van der Waals surface area (Å²) < 4.78 is 28.0. The molecule has 8 heteroatoms. The van der Waals surface area contributed by atoms with Crippen LogP contribution in [-0.4, -0.2) is 43.7 Å². The van der Waals surface area contributed by atoms with E-state index < -0.39 is 10.0 Å². The van der Waals surface area contributed by atoms with E-state index in [9.17, 15) is 18.0 Å². The molecule has 0 unspecified atom stereocenters. The quantitative estimate of drug-likeness (QED) is 0.676. The Kier molecular flexibility index (Phi) is 6.59. The highest BCUT2D eigenvalue weighted by molar-refractivity contribution is 7.89. The Morgan fingerprint density at radius 3 is 2.18 bits per heavy atom. The Bertz CT molecular complexity index is 1160. The summed E-state index contributed by atoms with van der Waals surface area (Å²) in [7, 11) is -3.61. The molecule has 4 rings (SSSR count). The molecule has 0 radical (unpaired) electrons. The van der Waals surface area contributed by atoms with E-state index in [2.05, 4.69) is 10.6 Å². The van der Waals surface area contributed by atoms with Crippen LogP contribution in [0.5, 0.6) is 0 Å². The van der Waals surface area contributed by atoms with E-state index in [-0.39, 0.29) is 23.8 Å². The van der Waals surface area contributed by atoms with Crippen molar-refractivity contribution >= 4 is 27.5 Å². The third kappa shape index (κ3) is 5.28. The van der Waals surface area contributed by atoms with Crippen molar-refractivity contribution in [3.63, 3.8) is 0 Å². The Morgan fingerprint density at radius 1 is 0.939 bits per heavy atom. The van der Waals surface area contributed by atoms with E-state index in [0.717, 1.165) is 29.5 Å². The molecule has 0 atom stereocenters. The first-order valence-corrected chi connectivity index (χ1v) is 12.9. The molecule has 1 aliphatic heterocycles. The molecule has 1 heterocycles. The highest BCUT2D eigenvalue weighted by Crippen LogP contribution is 2.29. The summed E-state index contributed by atoms with van der Waals surface area (Å²) in [5.41, 5.74) is 3.62. The Hall–Kier alpha value is -2.71. The average molecular weight is 470 g/mol. The molecule has 1 saturated carbocycles. The molecule has 0 aromatic heterocycles. The van der Waals surface area contributed by atoms with Crippen LogP contribution in [0.4, 0.5) is 5.69 Å². The predicted molar refractivity (Wildman–Crippen MR) is 128 cm³/mol. The molecule has 33 heavy (non-hydrogen) atoms. The minimum Gasteiger partial charge on any atom is -0.349 e. The molecule has 2 aromatic carbocycles. The van der Waals surface area contributed by atoms with Gasteiger partial charge < -0.3 is 10.6 Å². The monoisotopic (exact) mass is 469 g/mol. The molecule has 2 aromatic rings. The van der Waals surface area contributed by atoms with Crippen LogP contribution in [0.2, 0.25) is 0 Å². The van der Waals surface area contributed by atoms with E-state index in [1.54, 1.807) is 24.3 Å². The molecule has 1 aliphatic carbocycles. The summed E-state index contributed by atoms with van der Waals surface area (Å²) in [6.07, 6.45) is 2.94. The van der Waals surface area contributed by atoms with Crippen molar-refractivity contribution in [2.75, 3.05) is 18.4 Å². The summed E-state index contributed by atoms with van der Waals surface area (Å²) in [5, 5.41) is 5.84. The first kappa shape index (κ1) is 23.4. The zero-order chi connectivity index (χ0) is 23.8. The number of amides is 2. The molecule has 7 nitrogen and oxygen atoms in total. The lowest BCUT2D eigenvalue weighted by Gasteiger charge is -2.31. The largest absolute Gasteiger partial charge is 0.349 e. The third-order valence-corrected chi connectivity index (χ3v) is 8.54. The van der Waals surface area contributed by atoms with Crippen LogP contribution < -0.4 is 10.6 Å². The number of nitrogens with one attached hydrogen (secondary N) is 2. The molecule has 2 amide bonds. The van der Waals surface area contributed by atoms with E-state index in [0.29, 0.717) is 42.1 Å². The molecule has 0 bridgehead atoms. The van der Waals surface area contributed by atoms with Gasteiger partial charge in [0, 0.05) is 36.3 Å². The van der Waals surface area contributed by atoms with Gasteiger partial charge in [0.2, 0.25) is 15.9 Å². The number of benzene rings is 2. The number of carbonyl (C=O) groups excluding carboxylic acids is 2. The molecule has 176 valence electrons. The molecule has 2 N–H and O–H groups in total. The fourth-order valence-electron chi connectivity index (χ4n) is 4.54. The van der Waals surface area contributed by atoms with Gasteiger partial charge in [0.05, 0.1) is 4.90 Å². The molecular weight excluding hydrogens is 438 g/mol. The average Bonchev–Trinajstić information content (AvgIpc) is 3.57. The van der Waals surface area contributed by atoms with Crippen LogP contribution in [0, 0.1) is 26.7 Å². The van der Waals surface area contributed by atoms with Gasteiger partial charge in [0.1, 0.15) is 0 Å². The van der Waals surface area contributed by atoms with Crippen LogP contribution in [0.3, 0.4) is 0 Å². The Balaban J connectivity index is 1.38. The van der Waals surface area contributed by atoms with Gasteiger partial charge in [-0.3, -0.25) is 9.59 Å². The predicted octanol–water partition coefficient (Wildman–Crippen LogP) is 3.54. The highest BCUT2D eigenvalue weighted by atomic mass is 32.2. The maximum atomic E-state index is 13.3. The zero-order valence-corrected chi connectivity index (χ0v) is 20.2. The van der Waals surface area contributed by atoms with Crippen molar-refractivity contribution in [1.82, 2.24) is 9.62 Å². The van der Waals surface area contributed by atoms with Crippen LogP contribution >= 0.6 is 0 Å². The summed E-state index contributed by atoms with van der Waals surface area (Å²) >= 11 is 0. The first-order chi connectivity index (χ1) is 15.6. The summed E-state index contributed by atoms with van der Waals surface area (Å²) in [6, 6.07) is 11.0. The van der Waals surface area contributed by atoms with E-state index >= 15 is 0 Å². The van der Waals surface area contributed by atoms with Gasteiger partial charge in [-0.2, -0.15) is 4.31 Å². The number of sulfonamides is 1. The lowest BCUT2D eigenvalue weighted by Crippen LogP contribution is -2.41. The van der Waals surface area contributed by atoms with Crippen molar-refractivity contribution in [3.05, 3.63) is 58.7 Å². The molecular formula is C25H31N3O4S. The lowest BCUT2D eigenvalue weighted by atomic mass is 9.97. The number of piperidine rings is 1. The third-order valence-electron chi connectivity index (χ3n) is 6.33. The van der Waals surface area contributed by atoms with Crippen molar-refractivity contribution in [2.24, 2.45) is 5.92 Å². The first-order valence-electron chi connectivity index (χ1n) is 11.4. The minimum atomic E-state index is -3.61. The number of rotatable bonds is 6. The fraction of sp³-hybridized carbons (Fsp3) is 0.440. The summed E-state index contributed by atoms with van der Waals surface area (Å²) in [6.45, 7) is 6.21. The van der Waals surface area contributed by atoms with E-state index in [4.69, 9.17) is 0 Å². The molecule has 2 aliphatic rings. The Morgan fingerprint density at radius 2 is 1.58 bits per heavy atom. The maximum absolute atomic E-state index is 13.3. The van der Waals surface area contributed by atoms with Gasteiger partial charge in [0.25, 0.3) is 5.91 Å². The van der Waals surface area contributed by atoms with Crippen LogP contribution in [-0.2, 0) is 14.8 Å². The van der Waals surface area contributed by atoms with Crippen molar-refractivity contribution in [1.29, 1.82) is 0 Å². The van der Waals surface area contributed by atoms with Crippen molar-refractivity contribution < 1.29 is 18.0 Å². The minimum absolute atomic E-state index is 0.131. The van der Waals surface area contributed by atoms with Gasteiger partial charge in [-0.05, 0) is 75.8 Å². The zero-order valence-electron chi connectivity index (χ0n) is 19.3. The number of hydrogen-bond acceptors (Lipinski definition) is 4. The molecule has 1 saturated heterocycles. The standard InChI is InChI=1S/C25H31N3O4S/c1-16-13-17(2)23(18(3)14-16)33(31,32)28-11-9-19(10-12-28)24(29)27-22-6-4-5-20(15-22)25(30)26-21-7-8-21/h4-6,13-15,19,21H,7-12H2,1-3H3,(H,26,30)(H,27,29). The number of nitrogens with zero attached hydrogens (tertiary/aromatic N) is 1. The SMILES string of the molecule is Cc1cc(C)c(S(=O)(=O)N2CCC(C(=O)Nc3cccc(C(=O)NC4CC4)c3)CC2)c(C)c1. The topological polar surface area (TPSA) is 95.6 Å². The van der Waals surface area contributed by atoms with Gasteiger partial charge in [0.15, 0.2) is 0 Å². The highest BCUT2D eigenvalue weighted by Gasteiger charge is 2.34. The number of hydrogen-bond donors (Lipinski definition) is 2. The maximum Gasteiger partial charge on any atom is 0.251 e. The second-order valence-corrected chi connectivity index (χ2v) is 11.1. The number of aryl methyl sites for hydroxylation is 3. The number of anilines is 1.